The van der Waals surface area contributed by atoms with E-state index in [2.05, 4.69) is 14.7 Å². The van der Waals surface area contributed by atoms with Crippen LogP contribution in [0.25, 0.3) is 0 Å². The SMILES string of the molecule is COC(=O)C1=C2CC(NS(N)=O)CN2C(c2nccs2)=NC1.Fc1cccc(F)c1F. The van der Waals surface area contributed by atoms with Crippen LogP contribution in [0.5, 0.6) is 0 Å². The summed E-state index contributed by atoms with van der Waals surface area (Å²) in [5.74, 6) is -3.40. The first-order valence-electron chi connectivity index (χ1n) is 8.85. The van der Waals surface area contributed by atoms with Crippen molar-refractivity contribution in [1.82, 2.24) is 14.6 Å². The van der Waals surface area contributed by atoms with Crippen molar-refractivity contribution in [2.24, 2.45) is 10.1 Å². The molecule has 8 nitrogen and oxygen atoms in total. The number of carbonyl (C=O) groups excluding carboxylic acids is 1. The zero-order valence-corrected chi connectivity index (χ0v) is 17.8. The van der Waals surface area contributed by atoms with Crippen LogP contribution in [0.3, 0.4) is 0 Å². The second-order valence-corrected chi connectivity index (χ2v) is 8.08. The highest BCUT2D eigenvalue weighted by atomic mass is 32.2. The maximum atomic E-state index is 12.0. The van der Waals surface area contributed by atoms with Crippen molar-refractivity contribution in [3.63, 3.8) is 0 Å². The standard InChI is InChI=1S/C12H15N5O3S2.C6H3F3/c1-20-12(18)8-5-15-10(11-14-2-3-21-11)17-6-7(4-9(8)17)16-22(13)19;7-4-2-1-3-5(8)6(4)9/h2-3,7,16H,4-6,13H2,1H3;1-3H. The summed E-state index contributed by atoms with van der Waals surface area (Å²) in [6, 6.07) is 2.70. The second kappa shape index (κ2) is 10.1. The molecular weight excluding hydrogens is 455 g/mol. The zero-order chi connectivity index (χ0) is 22.5. The summed E-state index contributed by atoms with van der Waals surface area (Å²) in [5.41, 5.74) is 1.35. The third-order valence-electron chi connectivity index (χ3n) is 4.40. The number of esters is 1. The number of methoxy groups -OCH3 is 1. The number of halogens is 3. The Morgan fingerprint density at radius 3 is 2.61 bits per heavy atom. The van der Waals surface area contributed by atoms with Gasteiger partial charge in [-0.15, -0.1) is 11.3 Å². The molecule has 1 saturated heterocycles. The highest BCUT2D eigenvalue weighted by Crippen LogP contribution is 2.31. The molecule has 4 rings (SSSR count). The fourth-order valence-electron chi connectivity index (χ4n) is 3.11. The van der Waals surface area contributed by atoms with Crippen molar-refractivity contribution < 1.29 is 26.9 Å². The number of hydrogen-bond acceptors (Lipinski definition) is 7. The lowest BCUT2D eigenvalue weighted by Crippen LogP contribution is -2.39. The summed E-state index contributed by atoms with van der Waals surface area (Å²) in [5, 5.41) is 7.97. The van der Waals surface area contributed by atoms with Crippen LogP contribution < -0.4 is 9.86 Å². The van der Waals surface area contributed by atoms with Crippen LogP contribution in [0.2, 0.25) is 0 Å². The summed E-state index contributed by atoms with van der Waals surface area (Å²) in [6.07, 6.45) is 2.25. The minimum atomic E-state index is -1.61. The number of hydrogen-bond donors (Lipinski definition) is 2. The van der Waals surface area contributed by atoms with Gasteiger partial charge in [0.05, 0.1) is 19.2 Å². The quantitative estimate of drug-likeness (QED) is 0.518. The van der Waals surface area contributed by atoms with Gasteiger partial charge in [0.2, 0.25) is 0 Å². The molecule has 2 aromatic rings. The van der Waals surface area contributed by atoms with E-state index < -0.39 is 34.6 Å². The summed E-state index contributed by atoms with van der Waals surface area (Å²) < 4.78 is 54.7. The lowest BCUT2D eigenvalue weighted by atomic mass is 10.1. The first kappa shape index (κ1) is 23.1. The van der Waals surface area contributed by atoms with E-state index in [1.54, 1.807) is 6.20 Å². The summed E-state index contributed by atoms with van der Waals surface area (Å²) in [7, 11) is 1.35. The van der Waals surface area contributed by atoms with Gasteiger partial charge in [-0.05, 0) is 12.1 Å². The predicted molar refractivity (Wildman–Crippen MR) is 109 cm³/mol. The highest BCUT2D eigenvalue weighted by molar-refractivity contribution is 7.80. The summed E-state index contributed by atoms with van der Waals surface area (Å²) >= 11 is -0.127. The van der Waals surface area contributed by atoms with Gasteiger partial charge in [0, 0.05) is 36.3 Å². The number of amidine groups is 1. The van der Waals surface area contributed by atoms with E-state index in [1.165, 1.54) is 18.4 Å². The Balaban J connectivity index is 0.000000254. The summed E-state index contributed by atoms with van der Waals surface area (Å²) in [6.45, 7) is 0.781. The van der Waals surface area contributed by atoms with Gasteiger partial charge in [-0.2, -0.15) is 0 Å². The van der Waals surface area contributed by atoms with Crippen LogP contribution in [0.1, 0.15) is 11.4 Å². The van der Waals surface area contributed by atoms with E-state index in [1.807, 2.05) is 10.3 Å². The fourth-order valence-corrected chi connectivity index (χ4v) is 4.25. The first-order valence-corrected chi connectivity index (χ1v) is 10.9. The Bertz CT molecular complexity index is 1030. The number of thiazole rings is 1. The van der Waals surface area contributed by atoms with Gasteiger partial charge < -0.3 is 9.64 Å². The van der Waals surface area contributed by atoms with Crippen molar-refractivity contribution in [2.75, 3.05) is 20.2 Å². The molecule has 0 aliphatic carbocycles. The van der Waals surface area contributed by atoms with Crippen LogP contribution >= 0.6 is 11.3 Å². The maximum Gasteiger partial charge on any atom is 0.337 e. The van der Waals surface area contributed by atoms with Crippen LogP contribution in [-0.2, 0) is 20.7 Å². The molecule has 0 amide bonds. The normalized spacial score (nSPS) is 18.7. The van der Waals surface area contributed by atoms with E-state index in [4.69, 9.17) is 9.88 Å². The Morgan fingerprint density at radius 2 is 2.06 bits per heavy atom. The van der Waals surface area contributed by atoms with Gasteiger partial charge >= 0.3 is 5.97 Å². The third kappa shape index (κ3) is 5.36. The fraction of sp³-hybridized carbons (Fsp3) is 0.278. The molecule has 0 saturated carbocycles. The van der Waals surface area contributed by atoms with E-state index >= 15 is 0 Å². The summed E-state index contributed by atoms with van der Waals surface area (Å²) in [4.78, 5) is 22.6. The van der Waals surface area contributed by atoms with Crippen molar-refractivity contribution >= 4 is 34.3 Å². The molecule has 2 aliphatic heterocycles. The van der Waals surface area contributed by atoms with E-state index in [9.17, 15) is 22.2 Å². The van der Waals surface area contributed by atoms with Crippen molar-refractivity contribution in [2.45, 2.75) is 12.5 Å². The van der Waals surface area contributed by atoms with Gasteiger partial charge in [-0.1, -0.05) is 6.07 Å². The molecule has 1 aromatic carbocycles. The lowest BCUT2D eigenvalue weighted by molar-refractivity contribution is -0.136. The molecule has 31 heavy (non-hydrogen) atoms. The van der Waals surface area contributed by atoms with Gasteiger partial charge in [0.15, 0.2) is 39.5 Å². The lowest BCUT2D eigenvalue weighted by Gasteiger charge is -2.26. The number of benzene rings is 1. The Kier molecular flexibility index (Phi) is 7.54. The molecule has 166 valence electrons. The molecule has 3 heterocycles. The number of nitrogens with two attached hydrogens (primary N) is 1. The van der Waals surface area contributed by atoms with Gasteiger partial charge in [0.25, 0.3) is 0 Å². The van der Waals surface area contributed by atoms with E-state index in [0.29, 0.717) is 18.5 Å². The molecule has 13 heteroatoms. The molecular formula is C18H18F3N5O3S2. The van der Waals surface area contributed by atoms with Crippen molar-refractivity contribution in [3.05, 3.63) is 63.5 Å². The number of carbonyl (C=O) groups is 1. The largest absolute Gasteiger partial charge is 0.466 e. The van der Waals surface area contributed by atoms with Gasteiger partial charge in [-0.25, -0.2) is 37.0 Å². The number of aromatic nitrogens is 1. The number of nitrogens with zero attached hydrogens (tertiary/aromatic N) is 3. The van der Waals surface area contributed by atoms with Gasteiger partial charge in [-0.3, -0.25) is 4.99 Å². The third-order valence-corrected chi connectivity index (χ3v) is 5.74. The van der Waals surface area contributed by atoms with Crippen molar-refractivity contribution in [1.29, 1.82) is 0 Å². The number of ether oxygens (including phenoxy) is 1. The monoisotopic (exact) mass is 473 g/mol. The molecule has 0 spiro atoms. The maximum absolute atomic E-state index is 12.0. The van der Waals surface area contributed by atoms with Crippen LogP contribution in [-0.4, -0.2) is 52.1 Å². The van der Waals surface area contributed by atoms with Crippen LogP contribution in [0, 0.1) is 17.5 Å². The number of fused-ring (bicyclic) bond motifs is 1. The second-order valence-electron chi connectivity index (χ2n) is 6.36. The van der Waals surface area contributed by atoms with E-state index in [0.717, 1.165) is 34.7 Å². The van der Waals surface area contributed by atoms with Crippen molar-refractivity contribution in [3.8, 4) is 0 Å². The average Bonchev–Trinajstić information content (AvgIpc) is 3.40. The van der Waals surface area contributed by atoms with Crippen LogP contribution in [0.15, 0.2) is 46.0 Å². The molecule has 2 atom stereocenters. The molecule has 0 radical (unpaired) electrons. The number of aliphatic imine (C=N–C) groups is 1. The first-order chi connectivity index (χ1) is 14.8. The Hall–Kier alpha value is -2.61. The minimum absolute atomic E-state index is 0.122. The molecule has 1 fully saturated rings. The number of rotatable bonds is 4. The molecule has 1 aromatic heterocycles. The van der Waals surface area contributed by atoms with Gasteiger partial charge in [0.1, 0.15) is 0 Å². The molecule has 3 N–H and O–H groups in total. The minimum Gasteiger partial charge on any atom is -0.466 e. The molecule has 0 bridgehead atoms. The smallest absolute Gasteiger partial charge is 0.337 e. The topological polar surface area (TPSA) is 110 Å². The predicted octanol–water partition coefficient (Wildman–Crippen LogP) is 1.64. The molecule has 2 unspecified atom stereocenters. The Labute approximate surface area is 182 Å². The average molecular weight is 474 g/mol. The number of nitrogens with one attached hydrogen (secondary N) is 1. The molecule has 2 aliphatic rings. The van der Waals surface area contributed by atoms with Crippen LogP contribution in [0.4, 0.5) is 13.2 Å². The zero-order valence-electron chi connectivity index (χ0n) is 16.2. The Morgan fingerprint density at radius 1 is 1.35 bits per heavy atom. The highest BCUT2D eigenvalue weighted by Gasteiger charge is 2.37. The van der Waals surface area contributed by atoms with E-state index in [-0.39, 0.29) is 12.6 Å².